The van der Waals surface area contributed by atoms with Crippen LogP contribution in [0.1, 0.15) is 71.8 Å². The van der Waals surface area contributed by atoms with Gasteiger partial charge in [0.15, 0.2) is 17.1 Å². The molecule has 3 unspecified atom stereocenters. The fourth-order valence-corrected chi connectivity index (χ4v) is 5.02. The van der Waals surface area contributed by atoms with Crippen LogP contribution in [0.3, 0.4) is 0 Å². The minimum atomic E-state index is -0.855. The van der Waals surface area contributed by atoms with Crippen LogP contribution >= 0.6 is 0 Å². The predicted molar refractivity (Wildman–Crippen MR) is 115 cm³/mol. The van der Waals surface area contributed by atoms with Crippen molar-refractivity contribution in [1.82, 2.24) is 9.97 Å². The normalized spacial score (nSPS) is 21.4. The molecular weight excluding hydrogens is 400 g/mol. The Labute approximate surface area is 178 Å². The van der Waals surface area contributed by atoms with E-state index in [0.717, 1.165) is 36.9 Å². The number of hydrogen-bond acceptors (Lipinski definition) is 3. The van der Waals surface area contributed by atoms with Crippen LogP contribution in [0, 0.1) is 24.5 Å². The number of nitrogens with zero attached hydrogens (tertiary/aromatic N) is 1. The second-order valence-corrected chi connectivity index (χ2v) is 8.41. The SMILES string of the molecule is CCC1CCC(c2cc(=O)c3c(C(N)=O)nccc3[nH]2)C(c2ccc(F)c(F)c2C)C1. The molecular formula is C24H25F2N3O2. The van der Waals surface area contributed by atoms with Gasteiger partial charge in [0.25, 0.3) is 5.91 Å². The van der Waals surface area contributed by atoms with Gasteiger partial charge in [0, 0.05) is 23.9 Å². The Bertz CT molecular complexity index is 1220. The van der Waals surface area contributed by atoms with E-state index in [2.05, 4.69) is 16.9 Å². The number of carbonyl (C=O) groups excluding carboxylic acids is 1. The van der Waals surface area contributed by atoms with Crippen LogP contribution in [0.5, 0.6) is 0 Å². The third-order valence-corrected chi connectivity index (χ3v) is 6.71. The highest BCUT2D eigenvalue weighted by Gasteiger charge is 2.34. The molecule has 1 saturated carbocycles. The summed E-state index contributed by atoms with van der Waals surface area (Å²) in [4.78, 5) is 31.9. The second kappa shape index (κ2) is 8.21. The number of amides is 1. The van der Waals surface area contributed by atoms with Gasteiger partial charge in [0.2, 0.25) is 0 Å². The van der Waals surface area contributed by atoms with Crippen LogP contribution in [-0.4, -0.2) is 15.9 Å². The van der Waals surface area contributed by atoms with Crippen LogP contribution in [-0.2, 0) is 0 Å². The predicted octanol–water partition coefficient (Wildman–Crippen LogP) is 4.69. The number of carbonyl (C=O) groups is 1. The molecule has 0 saturated heterocycles. The number of aromatic amines is 1. The van der Waals surface area contributed by atoms with Crippen molar-refractivity contribution in [2.24, 2.45) is 11.7 Å². The van der Waals surface area contributed by atoms with Gasteiger partial charge in [-0.2, -0.15) is 0 Å². The topological polar surface area (TPSA) is 88.8 Å². The van der Waals surface area contributed by atoms with Gasteiger partial charge in [-0.05, 0) is 61.3 Å². The van der Waals surface area contributed by atoms with Crippen molar-refractivity contribution in [3.63, 3.8) is 0 Å². The summed E-state index contributed by atoms with van der Waals surface area (Å²) in [5.41, 5.74) is 7.29. The van der Waals surface area contributed by atoms with Gasteiger partial charge < -0.3 is 10.7 Å². The van der Waals surface area contributed by atoms with E-state index < -0.39 is 17.5 Å². The van der Waals surface area contributed by atoms with E-state index in [1.165, 1.54) is 18.3 Å². The number of nitrogens with two attached hydrogens (primary N) is 1. The van der Waals surface area contributed by atoms with Gasteiger partial charge in [0.1, 0.15) is 5.69 Å². The molecule has 1 aliphatic carbocycles. The minimum Gasteiger partial charge on any atom is -0.364 e. The molecule has 1 aliphatic rings. The molecule has 0 aliphatic heterocycles. The standard InChI is InChI=1S/C24H25F2N3O2/c1-3-13-4-5-15(16(10-13)14-6-7-17(25)22(26)12(14)2)19-11-20(30)21-18(29-19)8-9-28-23(21)24(27)31/h6-9,11,13,15-16H,3-5,10H2,1-2H3,(H2,27,31)(H,29,30). The average molecular weight is 425 g/mol. The Hall–Kier alpha value is -3.09. The second-order valence-electron chi connectivity index (χ2n) is 8.41. The monoisotopic (exact) mass is 425 g/mol. The molecule has 0 radical (unpaired) electrons. The molecule has 162 valence electrons. The third kappa shape index (κ3) is 3.73. The number of halogens is 2. The summed E-state index contributed by atoms with van der Waals surface area (Å²) in [6, 6.07) is 5.98. The van der Waals surface area contributed by atoms with Gasteiger partial charge in [-0.15, -0.1) is 0 Å². The van der Waals surface area contributed by atoms with Crippen molar-refractivity contribution in [3.8, 4) is 0 Å². The Morgan fingerprint density at radius 3 is 2.71 bits per heavy atom. The number of pyridine rings is 2. The number of primary amides is 1. The lowest BCUT2D eigenvalue weighted by atomic mass is 9.68. The molecule has 2 aromatic heterocycles. The molecule has 3 N–H and O–H groups in total. The zero-order valence-corrected chi connectivity index (χ0v) is 17.5. The Kier molecular flexibility index (Phi) is 5.60. The molecule has 3 atom stereocenters. The lowest BCUT2D eigenvalue weighted by molar-refractivity contribution is 0.0997. The third-order valence-electron chi connectivity index (χ3n) is 6.71. The average Bonchev–Trinajstić information content (AvgIpc) is 2.76. The zero-order valence-electron chi connectivity index (χ0n) is 17.5. The van der Waals surface area contributed by atoms with Crippen LogP contribution in [0.15, 0.2) is 35.3 Å². The van der Waals surface area contributed by atoms with Gasteiger partial charge in [-0.25, -0.2) is 8.78 Å². The number of hydrogen-bond donors (Lipinski definition) is 2. The first-order chi connectivity index (χ1) is 14.8. The summed E-state index contributed by atoms with van der Waals surface area (Å²) in [5.74, 6) is -2.08. The Morgan fingerprint density at radius 2 is 2.00 bits per heavy atom. The maximum Gasteiger partial charge on any atom is 0.268 e. The lowest BCUT2D eigenvalue weighted by Gasteiger charge is -2.37. The lowest BCUT2D eigenvalue weighted by Crippen LogP contribution is -2.25. The van der Waals surface area contributed by atoms with E-state index in [0.29, 0.717) is 17.0 Å². The molecule has 3 aromatic rings. The van der Waals surface area contributed by atoms with Crippen molar-refractivity contribution in [2.45, 2.75) is 51.4 Å². The summed E-state index contributed by atoms with van der Waals surface area (Å²) in [5, 5.41) is 0.168. The number of aromatic nitrogens is 2. The number of benzene rings is 1. The zero-order chi connectivity index (χ0) is 22.3. The smallest absolute Gasteiger partial charge is 0.268 e. The highest BCUT2D eigenvalue weighted by molar-refractivity contribution is 6.03. The molecule has 2 heterocycles. The van der Waals surface area contributed by atoms with Gasteiger partial charge >= 0.3 is 0 Å². The fourth-order valence-electron chi connectivity index (χ4n) is 5.02. The summed E-state index contributed by atoms with van der Waals surface area (Å²) >= 11 is 0. The summed E-state index contributed by atoms with van der Waals surface area (Å²) in [7, 11) is 0. The van der Waals surface area contributed by atoms with Crippen LogP contribution in [0.4, 0.5) is 8.78 Å². The van der Waals surface area contributed by atoms with Crippen molar-refractivity contribution >= 4 is 16.8 Å². The first kappa shape index (κ1) is 21.2. The first-order valence-corrected chi connectivity index (χ1v) is 10.6. The van der Waals surface area contributed by atoms with Crippen LogP contribution in [0.25, 0.3) is 10.9 Å². The molecule has 5 nitrogen and oxygen atoms in total. The largest absolute Gasteiger partial charge is 0.364 e. The van der Waals surface area contributed by atoms with Crippen molar-refractivity contribution in [3.05, 3.63) is 74.8 Å². The fraction of sp³-hybridized carbons (Fsp3) is 0.375. The highest BCUT2D eigenvalue weighted by Crippen LogP contribution is 2.47. The van der Waals surface area contributed by atoms with Crippen LogP contribution in [0.2, 0.25) is 0 Å². The first-order valence-electron chi connectivity index (χ1n) is 10.6. The molecule has 31 heavy (non-hydrogen) atoms. The van der Waals surface area contributed by atoms with E-state index >= 15 is 0 Å². The summed E-state index contributed by atoms with van der Waals surface area (Å²) in [6.07, 6.45) is 5.08. The van der Waals surface area contributed by atoms with Gasteiger partial charge in [0.05, 0.1) is 10.9 Å². The summed E-state index contributed by atoms with van der Waals surface area (Å²) < 4.78 is 28.1. The van der Waals surface area contributed by atoms with E-state index in [-0.39, 0.29) is 28.3 Å². The molecule has 1 amide bonds. The van der Waals surface area contributed by atoms with Crippen molar-refractivity contribution < 1.29 is 13.6 Å². The minimum absolute atomic E-state index is 0.0562. The number of H-pyrrole nitrogens is 1. The van der Waals surface area contributed by atoms with Crippen molar-refractivity contribution in [2.75, 3.05) is 0 Å². The Balaban J connectivity index is 1.85. The molecule has 4 rings (SSSR count). The number of fused-ring (bicyclic) bond motifs is 1. The van der Waals surface area contributed by atoms with E-state index in [9.17, 15) is 18.4 Å². The highest BCUT2D eigenvalue weighted by atomic mass is 19.2. The van der Waals surface area contributed by atoms with E-state index in [1.54, 1.807) is 19.1 Å². The molecule has 0 spiro atoms. The molecule has 7 heteroatoms. The Morgan fingerprint density at radius 1 is 1.23 bits per heavy atom. The maximum absolute atomic E-state index is 14.4. The number of nitrogens with one attached hydrogen (secondary N) is 1. The molecule has 1 aromatic carbocycles. The summed E-state index contributed by atoms with van der Waals surface area (Å²) in [6.45, 7) is 3.74. The maximum atomic E-state index is 14.4. The number of rotatable bonds is 4. The van der Waals surface area contributed by atoms with E-state index in [4.69, 9.17) is 5.73 Å². The van der Waals surface area contributed by atoms with Gasteiger partial charge in [-0.3, -0.25) is 14.6 Å². The van der Waals surface area contributed by atoms with E-state index in [1.807, 2.05) is 0 Å². The molecule has 0 bridgehead atoms. The molecule has 1 fully saturated rings. The quantitative estimate of drug-likeness (QED) is 0.636. The van der Waals surface area contributed by atoms with Gasteiger partial charge in [-0.1, -0.05) is 19.4 Å². The van der Waals surface area contributed by atoms with Crippen molar-refractivity contribution in [1.29, 1.82) is 0 Å². The van der Waals surface area contributed by atoms with Crippen LogP contribution < -0.4 is 11.2 Å².